The minimum atomic E-state index is -0.511. The molecule has 164 valence electrons. The van der Waals surface area contributed by atoms with E-state index in [1.54, 1.807) is 24.4 Å². The van der Waals surface area contributed by atoms with Crippen LogP contribution in [0.15, 0.2) is 42.7 Å². The van der Waals surface area contributed by atoms with E-state index in [2.05, 4.69) is 15.6 Å². The van der Waals surface area contributed by atoms with E-state index in [0.717, 1.165) is 12.0 Å². The Bertz CT molecular complexity index is 936. The zero-order valence-corrected chi connectivity index (χ0v) is 17.4. The molecule has 4 atom stereocenters. The van der Waals surface area contributed by atoms with Crippen LogP contribution in [-0.2, 0) is 9.53 Å². The Morgan fingerprint density at radius 3 is 2.90 bits per heavy atom. The van der Waals surface area contributed by atoms with Crippen LogP contribution in [0.3, 0.4) is 0 Å². The van der Waals surface area contributed by atoms with E-state index in [1.807, 2.05) is 19.1 Å². The van der Waals surface area contributed by atoms with Gasteiger partial charge < -0.3 is 25.2 Å². The number of nitrogens with zero attached hydrogens (tertiary/aromatic N) is 1. The molecule has 2 aliphatic heterocycles. The molecule has 2 aromatic rings. The van der Waals surface area contributed by atoms with Crippen molar-refractivity contribution >= 4 is 17.5 Å². The van der Waals surface area contributed by atoms with Crippen molar-refractivity contribution in [2.45, 2.75) is 50.4 Å². The number of aromatic nitrogens is 1. The van der Waals surface area contributed by atoms with Gasteiger partial charge in [-0.3, -0.25) is 14.6 Å². The van der Waals surface area contributed by atoms with Gasteiger partial charge in [0.05, 0.1) is 24.7 Å². The summed E-state index contributed by atoms with van der Waals surface area (Å²) in [5, 5.41) is 15.6. The SMILES string of the molecule is CCCNC(=O)C[C@H]1C[C@@H]2c3cc(NC(=O)c4cccnc4)ccc3O[C@@H]2[C@@H](CO)O1. The summed E-state index contributed by atoms with van der Waals surface area (Å²) in [6.07, 6.45) is 3.71. The van der Waals surface area contributed by atoms with E-state index in [1.165, 1.54) is 6.20 Å². The molecule has 2 aliphatic rings. The molecule has 3 heterocycles. The summed E-state index contributed by atoms with van der Waals surface area (Å²) in [6, 6.07) is 8.93. The highest BCUT2D eigenvalue weighted by Gasteiger charge is 2.46. The average Bonchev–Trinajstić information content (AvgIpc) is 3.15. The predicted octanol–water partition coefficient (Wildman–Crippen LogP) is 2.24. The number of fused-ring (bicyclic) bond motifs is 3. The summed E-state index contributed by atoms with van der Waals surface area (Å²) in [5.74, 6) is 0.389. The summed E-state index contributed by atoms with van der Waals surface area (Å²) in [5.41, 5.74) is 2.08. The number of benzene rings is 1. The van der Waals surface area contributed by atoms with Crippen molar-refractivity contribution in [2.24, 2.45) is 0 Å². The molecule has 0 aliphatic carbocycles. The third-order valence-corrected chi connectivity index (χ3v) is 5.67. The number of nitrogens with one attached hydrogen (secondary N) is 2. The molecule has 2 amide bonds. The number of amides is 2. The number of ether oxygens (including phenoxy) is 2. The molecule has 0 spiro atoms. The molecule has 0 radical (unpaired) electrons. The van der Waals surface area contributed by atoms with Crippen LogP contribution in [0, 0.1) is 0 Å². The van der Waals surface area contributed by atoms with E-state index >= 15 is 0 Å². The van der Waals surface area contributed by atoms with Crippen molar-refractivity contribution in [3.05, 3.63) is 53.9 Å². The Morgan fingerprint density at radius 2 is 2.16 bits per heavy atom. The van der Waals surface area contributed by atoms with E-state index in [0.29, 0.717) is 30.0 Å². The molecule has 3 N–H and O–H groups in total. The normalized spacial score (nSPS) is 23.9. The lowest BCUT2D eigenvalue weighted by atomic mass is 9.84. The minimum absolute atomic E-state index is 0.0277. The van der Waals surface area contributed by atoms with Gasteiger partial charge in [-0.2, -0.15) is 0 Å². The van der Waals surface area contributed by atoms with Gasteiger partial charge in [0.15, 0.2) is 0 Å². The molecule has 0 saturated carbocycles. The highest BCUT2D eigenvalue weighted by Crippen LogP contribution is 2.47. The molecular weight excluding hydrogens is 398 g/mol. The van der Waals surface area contributed by atoms with Crippen molar-refractivity contribution in [2.75, 3.05) is 18.5 Å². The predicted molar refractivity (Wildman–Crippen MR) is 114 cm³/mol. The van der Waals surface area contributed by atoms with E-state index in [4.69, 9.17) is 9.47 Å². The number of aliphatic hydroxyl groups excluding tert-OH is 1. The first kappa shape index (κ1) is 21.3. The van der Waals surface area contributed by atoms with Crippen molar-refractivity contribution in [3.8, 4) is 5.75 Å². The van der Waals surface area contributed by atoms with Gasteiger partial charge >= 0.3 is 0 Å². The lowest BCUT2D eigenvalue weighted by molar-refractivity contribution is -0.142. The van der Waals surface area contributed by atoms with Crippen LogP contribution < -0.4 is 15.4 Å². The topological polar surface area (TPSA) is 110 Å². The highest BCUT2D eigenvalue weighted by molar-refractivity contribution is 6.04. The smallest absolute Gasteiger partial charge is 0.257 e. The number of rotatable bonds is 7. The number of hydrogen-bond donors (Lipinski definition) is 3. The standard InChI is InChI=1S/C23H27N3O5/c1-2-7-25-21(28)11-16-10-18-17-9-15(26-23(29)14-4-3-8-24-12-14)5-6-19(17)31-22(18)20(13-27)30-16/h3-6,8-9,12,16,18,20,22,27H,2,7,10-11,13H2,1H3,(H,25,28)(H,26,29)/t16-,18-,20-,22+/m1/s1. The fourth-order valence-electron chi connectivity index (χ4n) is 4.21. The summed E-state index contributed by atoms with van der Waals surface area (Å²) in [6.45, 7) is 2.45. The first-order chi connectivity index (χ1) is 15.1. The van der Waals surface area contributed by atoms with Crippen LogP contribution >= 0.6 is 0 Å². The van der Waals surface area contributed by atoms with E-state index in [-0.39, 0.29) is 43.0 Å². The number of hydrogen-bond acceptors (Lipinski definition) is 6. The Kier molecular flexibility index (Phi) is 6.48. The van der Waals surface area contributed by atoms with Crippen LogP contribution in [0.4, 0.5) is 5.69 Å². The largest absolute Gasteiger partial charge is 0.487 e. The molecule has 8 nitrogen and oxygen atoms in total. The van der Waals surface area contributed by atoms with Gasteiger partial charge in [0.25, 0.3) is 5.91 Å². The maximum atomic E-state index is 12.5. The van der Waals surface area contributed by atoms with Gasteiger partial charge in [0.2, 0.25) is 5.91 Å². The van der Waals surface area contributed by atoms with Crippen molar-refractivity contribution < 1.29 is 24.2 Å². The van der Waals surface area contributed by atoms with Gasteiger partial charge in [-0.25, -0.2) is 0 Å². The molecule has 0 bridgehead atoms. The number of carbonyl (C=O) groups is 2. The molecule has 1 aromatic carbocycles. The molecule has 0 unspecified atom stereocenters. The van der Waals surface area contributed by atoms with Gasteiger partial charge in [-0.05, 0) is 43.2 Å². The van der Waals surface area contributed by atoms with Gasteiger partial charge in [0, 0.05) is 36.1 Å². The molecule has 1 aromatic heterocycles. The fourth-order valence-corrected chi connectivity index (χ4v) is 4.21. The average molecular weight is 425 g/mol. The third-order valence-electron chi connectivity index (χ3n) is 5.67. The third kappa shape index (κ3) is 4.70. The van der Waals surface area contributed by atoms with Crippen LogP contribution in [-0.4, -0.2) is 53.4 Å². The van der Waals surface area contributed by atoms with Gasteiger partial charge in [-0.15, -0.1) is 0 Å². The zero-order chi connectivity index (χ0) is 21.8. The number of pyridine rings is 1. The second-order valence-electron chi connectivity index (χ2n) is 7.91. The molecule has 1 saturated heterocycles. The van der Waals surface area contributed by atoms with Gasteiger partial charge in [-0.1, -0.05) is 6.92 Å². The minimum Gasteiger partial charge on any atom is -0.487 e. The van der Waals surface area contributed by atoms with Crippen LogP contribution in [0.2, 0.25) is 0 Å². The molecule has 31 heavy (non-hydrogen) atoms. The van der Waals surface area contributed by atoms with E-state index in [9.17, 15) is 14.7 Å². The summed E-state index contributed by atoms with van der Waals surface area (Å²) in [4.78, 5) is 28.6. The number of aliphatic hydroxyl groups is 1. The van der Waals surface area contributed by atoms with Crippen molar-refractivity contribution in [1.82, 2.24) is 10.3 Å². The first-order valence-corrected chi connectivity index (χ1v) is 10.6. The van der Waals surface area contributed by atoms with Crippen LogP contribution in [0.5, 0.6) is 5.75 Å². The maximum absolute atomic E-state index is 12.5. The zero-order valence-electron chi connectivity index (χ0n) is 17.4. The van der Waals surface area contributed by atoms with Crippen molar-refractivity contribution in [3.63, 3.8) is 0 Å². The molecule has 4 rings (SSSR count). The van der Waals surface area contributed by atoms with Crippen LogP contribution in [0.1, 0.15) is 48.0 Å². The maximum Gasteiger partial charge on any atom is 0.257 e. The number of carbonyl (C=O) groups excluding carboxylic acids is 2. The molecule has 8 heteroatoms. The second kappa shape index (κ2) is 9.45. The van der Waals surface area contributed by atoms with E-state index < -0.39 is 6.10 Å². The molecule has 1 fully saturated rings. The summed E-state index contributed by atoms with van der Waals surface area (Å²) >= 11 is 0. The molecular formula is C23H27N3O5. The summed E-state index contributed by atoms with van der Waals surface area (Å²) < 4.78 is 12.0. The number of anilines is 1. The lowest BCUT2D eigenvalue weighted by Crippen LogP contribution is -2.47. The monoisotopic (exact) mass is 425 g/mol. The Balaban J connectivity index is 1.50. The Hall–Kier alpha value is -2.97. The van der Waals surface area contributed by atoms with Crippen molar-refractivity contribution in [1.29, 1.82) is 0 Å². The quantitative estimate of drug-likeness (QED) is 0.628. The second-order valence-corrected chi connectivity index (χ2v) is 7.91. The Morgan fingerprint density at radius 1 is 1.29 bits per heavy atom. The lowest BCUT2D eigenvalue weighted by Gasteiger charge is -2.37. The van der Waals surface area contributed by atoms with Crippen LogP contribution in [0.25, 0.3) is 0 Å². The highest BCUT2D eigenvalue weighted by atomic mass is 16.6. The van der Waals surface area contributed by atoms with Gasteiger partial charge in [0.1, 0.15) is 18.0 Å². The first-order valence-electron chi connectivity index (χ1n) is 10.6. The summed E-state index contributed by atoms with van der Waals surface area (Å²) in [7, 11) is 0. The Labute approximate surface area is 181 Å². The fraction of sp³-hybridized carbons (Fsp3) is 0.435.